The van der Waals surface area contributed by atoms with Crippen molar-refractivity contribution in [2.75, 3.05) is 26.2 Å². The molecule has 4 atom stereocenters. The van der Waals surface area contributed by atoms with Gasteiger partial charge in [-0.05, 0) is 50.3 Å². The molecule has 5 nitrogen and oxygen atoms in total. The Hall–Kier alpha value is -0.850. The third-order valence-corrected chi connectivity index (χ3v) is 5.61. The minimum atomic E-state index is 0. The molecule has 1 aromatic rings. The molecule has 28 heavy (non-hydrogen) atoms. The maximum absolute atomic E-state index is 12.9. The van der Waals surface area contributed by atoms with E-state index in [2.05, 4.69) is 37.8 Å². The third-order valence-electron chi connectivity index (χ3n) is 5.61. The highest BCUT2D eigenvalue weighted by molar-refractivity contribution is 5.94. The van der Waals surface area contributed by atoms with E-state index < -0.39 is 0 Å². The second-order valence-electron chi connectivity index (χ2n) is 8.17. The van der Waals surface area contributed by atoms with E-state index in [0.717, 1.165) is 44.6 Å². The van der Waals surface area contributed by atoms with Gasteiger partial charge in [0, 0.05) is 44.3 Å². The topological polar surface area (TPSA) is 58.8 Å². The summed E-state index contributed by atoms with van der Waals surface area (Å²) < 4.78 is 5.80. The first-order chi connectivity index (χ1) is 12.5. The Morgan fingerprint density at radius 3 is 2.29 bits per heavy atom. The number of likely N-dealkylation sites (tertiary alicyclic amines) is 1. The first-order valence-electron chi connectivity index (χ1n) is 9.94. The van der Waals surface area contributed by atoms with E-state index in [-0.39, 0.29) is 49.0 Å². The molecule has 1 aromatic carbocycles. The number of ether oxygens (including phenoxy) is 1. The van der Waals surface area contributed by atoms with Crippen molar-refractivity contribution in [3.63, 3.8) is 0 Å². The summed E-state index contributed by atoms with van der Waals surface area (Å²) in [6, 6.07) is 8.28. The molecule has 3 rings (SSSR count). The highest BCUT2D eigenvalue weighted by Crippen LogP contribution is 2.24. The number of hydrogen-bond acceptors (Lipinski definition) is 4. The van der Waals surface area contributed by atoms with Crippen LogP contribution in [-0.2, 0) is 11.3 Å². The van der Waals surface area contributed by atoms with Crippen molar-refractivity contribution < 1.29 is 9.53 Å². The number of nitrogens with two attached hydrogens (primary N) is 1. The van der Waals surface area contributed by atoms with Gasteiger partial charge in [0.05, 0.1) is 12.2 Å². The highest BCUT2D eigenvalue weighted by atomic mass is 35.5. The van der Waals surface area contributed by atoms with Crippen LogP contribution < -0.4 is 5.73 Å². The number of carbonyl (C=O) groups is 1. The summed E-state index contributed by atoms with van der Waals surface area (Å²) in [5.41, 5.74) is 7.92. The summed E-state index contributed by atoms with van der Waals surface area (Å²) in [7, 11) is 0. The zero-order valence-corrected chi connectivity index (χ0v) is 18.8. The van der Waals surface area contributed by atoms with Gasteiger partial charge in [0.1, 0.15) is 0 Å². The predicted molar refractivity (Wildman–Crippen MR) is 119 cm³/mol. The number of morpholine rings is 1. The molecule has 0 radical (unpaired) electrons. The molecule has 7 heteroatoms. The molecular weight excluding hydrogens is 397 g/mol. The molecule has 0 bridgehead atoms. The summed E-state index contributed by atoms with van der Waals surface area (Å²) in [6.45, 7) is 10.7. The summed E-state index contributed by atoms with van der Waals surface area (Å²) >= 11 is 0. The van der Waals surface area contributed by atoms with Crippen LogP contribution in [-0.4, -0.2) is 60.1 Å². The number of carbonyl (C=O) groups excluding carboxylic acids is 1. The number of hydrogen-bond donors (Lipinski definition) is 1. The minimum Gasteiger partial charge on any atom is -0.373 e. The highest BCUT2D eigenvalue weighted by Gasteiger charge is 2.29. The summed E-state index contributed by atoms with van der Waals surface area (Å²) in [6.07, 6.45) is 2.62. The fourth-order valence-electron chi connectivity index (χ4n) is 4.33. The van der Waals surface area contributed by atoms with Gasteiger partial charge < -0.3 is 15.4 Å². The predicted octanol–water partition coefficient (Wildman–Crippen LogP) is 3.34. The van der Waals surface area contributed by atoms with E-state index in [1.165, 1.54) is 5.56 Å². The number of rotatable bonds is 4. The van der Waals surface area contributed by atoms with Gasteiger partial charge in [-0.1, -0.05) is 19.1 Å². The Balaban J connectivity index is 0.00000196. The van der Waals surface area contributed by atoms with Gasteiger partial charge in [-0.15, -0.1) is 24.8 Å². The largest absolute Gasteiger partial charge is 0.373 e. The lowest BCUT2D eigenvalue weighted by atomic mass is 9.92. The lowest BCUT2D eigenvalue weighted by molar-refractivity contribution is -0.0704. The van der Waals surface area contributed by atoms with Crippen LogP contribution in [0.25, 0.3) is 0 Å². The van der Waals surface area contributed by atoms with Crippen LogP contribution in [0.3, 0.4) is 0 Å². The summed E-state index contributed by atoms with van der Waals surface area (Å²) in [5, 5.41) is 0. The maximum Gasteiger partial charge on any atom is 0.254 e. The van der Waals surface area contributed by atoms with E-state index in [1.807, 2.05) is 17.0 Å². The smallest absolute Gasteiger partial charge is 0.254 e. The number of halogens is 2. The second-order valence-corrected chi connectivity index (χ2v) is 8.17. The van der Waals surface area contributed by atoms with Crippen LogP contribution in [0.4, 0.5) is 0 Å². The van der Waals surface area contributed by atoms with Crippen molar-refractivity contribution in [2.24, 2.45) is 11.7 Å². The number of benzene rings is 1. The monoisotopic (exact) mass is 431 g/mol. The molecule has 0 saturated carbocycles. The van der Waals surface area contributed by atoms with Crippen molar-refractivity contribution in [1.82, 2.24) is 9.80 Å². The molecule has 2 saturated heterocycles. The molecule has 2 N–H and O–H groups in total. The number of piperidine rings is 1. The van der Waals surface area contributed by atoms with Crippen molar-refractivity contribution in [3.05, 3.63) is 35.4 Å². The van der Waals surface area contributed by atoms with E-state index in [4.69, 9.17) is 10.5 Å². The average Bonchev–Trinajstić information content (AvgIpc) is 2.61. The molecule has 2 aliphatic heterocycles. The third kappa shape index (κ3) is 6.33. The van der Waals surface area contributed by atoms with Gasteiger partial charge in [0.2, 0.25) is 0 Å². The summed E-state index contributed by atoms with van der Waals surface area (Å²) in [5.74, 6) is 0.765. The van der Waals surface area contributed by atoms with Gasteiger partial charge in [-0.25, -0.2) is 0 Å². The molecule has 2 fully saturated rings. The molecule has 160 valence electrons. The fraction of sp³-hybridized carbons (Fsp3) is 0.667. The lowest BCUT2D eigenvalue weighted by Gasteiger charge is -2.38. The van der Waals surface area contributed by atoms with E-state index >= 15 is 0 Å². The average molecular weight is 432 g/mol. The quantitative estimate of drug-likeness (QED) is 0.793. The Bertz CT molecular complexity index is 604. The molecule has 0 spiro atoms. The van der Waals surface area contributed by atoms with Crippen LogP contribution in [0.2, 0.25) is 0 Å². The number of nitrogens with zero attached hydrogens (tertiary/aromatic N) is 2. The Morgan fingerprint density at radius 2 is 1.71 bits per heavy atom. The van der Waals surface area contributed by atoms with Crippen molar-refractivity contribution in [1.29, 1.82) is 0 Å². The molecular formula is C21H35Cl2N3O2. The van der Waals surface area contributed by atoms with Crippen molar-refractivity contribution in [3.8, 4) is 0 Å². The molecule has 0 aliphatic carbocycles. The minimum absolute atomic E-state index is 0. The lowest BCUT2D eigenvalue weighted by Crippen LogP contribution is -2.49. The second kappa shape index (κ2) is 11.4. The first kappa shape index (κ1) is 25.2. The Kier molecular flexibility index (Phi) is 10.2. The zero-order chi connectivity index (χ0) is 18.7. The van der Waals surface area contributed by atoms with Gasteiger partial charge in [0.15, 0.2) is 0 Å². The Morgan fingerprint density at radius 1 is 1.11 bits per heavy atom. The Labute approximate surface area is 181 Å². The van der Waals surface area contributed by atoms with Crippen LogP contribution in [0.1, 0.15) is 49.5 Å². The molecule has 1 amide bonds. The normalized spacial score (nSPS) is 28.2. The van der Waals surface area contributed by atoms with Crippen LogP contribution in [0, 0.1) is 5.92 Å². The van der Waals surface area contributed by atoms with Gasteiger partial charge in [-0.3, -0.25) is 9.69 Å². The van der Waals surface area contributed by atoms with E-state index in [9.17, 15) is 4.79 Å². The van der Waals surface area contributed by atoms with Crippen LogP contribution >= 0.6 is 24.8 Å². The summed E-state index contributed by atoms with van der Waals surface area (Å²) in [4.78, 5) is 17.3. The maximum atomic E-state index is 12.9. The van der Waals surface area contributed by atoms with Crippen LogP contribution in [0.15, 0.2) is 24.3 Å². The number of amides is 1. The van der Waals surface area contributed by atoms with Crippen molar-refractivity contribution >= 4 is 30.7 Å². The SMILES string of the molecule is CC1CCN(C(=O)c2ccc(CN3CC(C)OC(C)C3)cc2)C(CN)C1.Cl.Cl. The van der Waals surface area contributed by atoms with Gasteiger partial charge in [-0.2, -0.15) is 0 Å². The zero-order valence-electron chi connectivity index (χ0n) is 17.2. The van der Waals surface area contributed by atoms with Crippen molar-refractivity contribution in [2.45, 2.75) is 58.4 Å². The van der Waals surface area contributed by atoms with Crippen LogP contribution in [0.5, 0.6) is 0 Å². The van der Waals surface area contributed by atoms with E-state index in [0.29, 0.717) is 12.5 Å². The molecule has 2 aliphatic rings. The van der Waals surface area contributed by atoms with Gasteiger partial charge in [0.25, 0.3) is 5.91 Å². The van der Waals surface area contributed by atoms with E-state index in [1.54, 1.807) is 0 Å². The fourth-order valence-corrected chi connectivity index (χ4v) is 4.33. The molecule has 4 unspecified atom stereocenters. The molecule has 2 heterocycles. The standard InChI is InChI=1S/C21H33N3O2.2ClH/c1-15-8-9-24(20(10-15)11-22)21(25)19-6-4-18(5-7-19)14-23-12-16(2)26-17(3)13-23;;/h4-7,15-17,20H,8-14,22H2,1-3H3;2*1H. The first-order valence-corrected chi connectivity index (χ1v) is 9.94. The van der Waals surface area contributed by atoms with Gasteiger partial charge >= 0.3 is 0 Å². The molecule has 0 aromatic heterocycles.